The first-order valence-electron chi connectivity index (χ1n) is 9.71. The Labute approximate surface area is 180 Å². The minimum atomic E-state index is -0.580. The predicted molar refractivity (Wildman–Crippen MR) is 121 cm³/mol. The number of terminal acetylenes is 1. The Morgan fingerprint density at radius 1 is 1.23 bits per heavy atom. The number of rotatable bonds is 7. The molecule has 0 atom stereocenters. The molecule has 0 aliphatic rings. The first kappa shape index (κ1) is 21.5. The molecule has 0 aliphatic carbocycles. The number of hydrogen-bond donors (Lipinski definition) is 2. The van der Waals surface area contributed by atoms with E-state index in [4.69, 9.17) is 16.9 Å². The molecule has 3 aromatic rings. The van der Waals surface area contributed by atoms with Crippen LogP contribution in [-0.4, -0.2) is 28.4 Å². The van der Waals surface area contributed by atoms with E-state index in [9.17, 15) is 9.59 Å². The van der Waals surface area contributed by atoms with Crippen LogP contribution < -0.4 is 15.8 Å². The number of nitrogens with two attached hydrogens (primary N) is 1. The third-order valence-electron chi connectivity index (χ3n) is 4.63. The highest BCUT2D eigenvalue weighted by Crippen LogP contribution is 2.28. The fourth-order valence-corrected chi connectivity index (χ4v) is 3.11. The van der Waals surface area contributed by atoms with E-state index >= 15 is 0 Å². The summed E-state index contributed by atoms with van der Waals surface area (Å²) in [6, 6.07) is 11.7. The molecular formula is C24H22N4O3. The van der Waals surface area contributed by atoms with Crippen molar-refractivity contribution in [2.75, 3.05) is 11.9 Å². The van der Waals surface area contributed by atoms with E-state index in [-0.39, 0.29) is 12.4 Å². The number of aromatic nitrogens is 2. The number of anilines is 1. The van der Waals surface area contributed by atoms with E-state index in [2.05, 4.69) is 21.2 Å². The van der Waals surface area contributed by atoms with Gasteiger partial charge in [-0.2, -0.15) is 0 Å². The maximum absolute atomic E-state index is 12.9. The lowest BCUT2D eigenvalue weighted by atomic mass is 10.0. The molecule has 2 aromatic carbocycles. The summed E-state index contributed by atoms with van der Waals surface area (Å²) in [5.41, 5.74) is 8.24. The smallest absolute Gasteiger partial charge is 0.293 e. The third kappa shape index (κ3) is 4.87. The Morgan fingerprint density at radius 3 is 2.71 bits per heavy atom. The summed E-state index contributed by atoms with van der Waals surface area (Å²) in [6.07, 6.45) is 7.95. The van der Waals surface area contributed by atoms with E-state index in [1.54, 1.807) is 30.3 Å². The average molecular weight is 414 g/mol. The molecule has 0 aliphatic heterocycles. The van der Waals surface area contributed by atoms with E-state index in [1.807, 2.05) is 26.0 Å². The largest absolute Gasteiger partial charge is 0.481 e. The zero-order chi connectivity index (χ0) is 22.4. The third-order valence-corrected chi connectivity index (χ3v) is 4.63. The SMILES string of the molecule is C#CCOc1ccc2nc(C(=O)Nc3cccc(C(N)=O)c3)nc(/C(=C/C)CC)c2c1. The Balaban J connectivity index is 2.04. The molecule has 1 aromatic heterocycles. The summed E-state index contributed by atoms with van der Waals surface area (Å²) < 4.78 is 5.52. The van der Waals surface area contributed by atoms with Crippen LogP contribution in [0.1, 0.15) is 46.9 Å². The zero-order valence-electron chi connectivity index (χ0n) is 17.3. The van der Waals surface area contributed by atoms with Crippen molar-refractivity contribution in [3.63, 3.8) is 0 Å². The van der Waals surface area contributed by atoms with Gasteiger partial charge in [0, 0.05) is 16.6 Å². The van der Waals surface area contributed by atoms with Crippen molar-refractivity contribution < 1.29 is 14.3 Å². The van der Waals surface area contributed by atoms with Gasteiger partial charge in [-0.25, -0.2) is 9.97 Å². The van der Waals surface area contributed by atoms with Gasteiger partial charge in [-0.05, 0) is 55.3 Å². The Bertz CT molecular complexity index is 1230. The number of primary amides is 1. The number of nitrogens with one attached hydrogen (secondary N) is 1. The molecule has 0 bridgehead atoms. The van der Waals surface area contributed by atoms with Crippen LogP contribution >= 0.6 is 0 Å². The van der Waals surface area contributed by atoms with Gasteiger partial charge < -0.3 is 15.8 Å². The summed E-state index contributed by atoms with van der Waals surface area (Å²) in [5, 5.41) is 3.48. The van der Waals surface area contributed by atoms with Gasteiger partial charge in [0.15, 0.2) is 0 Å². The van der Waals surface area contributed by atoms with Crippen molar-refractivity contribution in [2.45, 2.75) is 20.3 Å². The first-order valence-corrected chi connectivity index (χ1v) is 9.71. The second kappa shape index (κ2) is 9.55. The van der Waals surface area contributed by atoms with Crippen molar-refractivity contribution in [2.24, 2.45) is 5.73 Å². The average Bonchev–Trinajstić information content (AvgIpc) is 2.78. The van der Waals surface area contributed by atoms with Crippen LogP contribution in [0.4, 0.5) is 5.69 Å². The molecule has 0 unspecified atom stereocenters. The molecule has 7 heteroatoms. The molecule has 3 N–H and O–H groups in total. The summed E-state index contributed by atoms with van der Waals surface area (Å²) in [7, 11) is 0. The fourth-order valence-electron chi connectivity index (χ4n) is 3.11. The van der Waals surface area contributed by atoms with Crippen molar-refractivity contribution in [3.05, 3.63) is 65.6 Å². The second-order valence-electron chi connectivity index (χ2n) is 6.63. The topological polar surface area (TPSA) is 107 Å². The second-order valence-corrected chi connectivity index (χ2v) is 6.63. The summed E-state index contributed by atoms with van der Waals surface area (Å²) in [5.74, 6) is 1.97. The molecule has 1 heterocycles. The Morgan fingerprint density at radius 2 is 2.03 bits per heavy atom. The van der Waals surface area contributed by atoms with Crippen LogP contribution in [0.15, 0.2) is 48.5 Å². The normalized spacial score (nSPS) is 11.1. The maximum atomic E-state index is 12.9. The van der Waals surface area contributed by atoms with Crippen molar-refractivity contribution in [3.8, 4) is 18.1 Å². The van der Waals surface area contributed by atoms with E-state index in [0.717, 1.165) is 17.4 Å². The van der Waals surface area contributed by atoms with Gasteiger partial charge in [0.25, 0.3) is 5.91 Å². The first-order chi connectivity index (χ1) is 15.0. The van der Waals surface area contributed by atoms with E-state index < -0.39 is 11.8 Å². The monoisotopic (exact) mass is 414 g/mol. The molecule has 0 spiro atoms. The number of carbonyl (C=O) groups is 2. The highest BCUT2D eigenvalue weighted by atomic mass is 16.5. The fraction of sp³-hybridized carbons (Fsp3) is 0.167. The number of benzene rings is 2. The van der Waals surface area contributed by atoms with Gasteiger partial charge >= 0.3 is 0 Å². The number of nitrogens with zero attached hydrogens (tertiary/aromatic N) is 2. The van der Waals surface area contributed by atoms with Crippen LogP contribution in [0.5, 0.6) is 5.75 Å². The summed E-state index contributed by atoms with van der Waals surface area (Å²) >= 11 is 0. The van der Waals surface area contributed by atoms with Crippen molar-refractivity contribution >= 4 is 34.0 Å². The van der Waals surface area contributed by atoms with Gasteiger partial charge in [0.1, 0.15) is 12.4 Å². The molecule has 3 rings (SSSR count). The van der Waals surface area contributed by atoms with Crippen LogP contribution in [0.25, 0.3) is 16.5 Å². The molecule has 0 radical (unpaired) electrons. The van der Waals surface area contributed by atoms with Crippen LogP contribution in [0, 0.1) is 12.3 Å². The summed E-state index contributed by atoms with van der Waals surface area (Å²) in [6.45, 7) is 4.08. The lowest BCUT2D eigenvalue weighted by molar-refractivity contribution is 0.0994. The van der Waals surface area contributed by atoms with Crippen LogP contribution in [0.2, 0.25) is 0 Å². The number of fused-ring (bicyclic) bond motifs is 1. The highest BCUT2D eigenvalue weighted by Gasteiger charge is 2.17. The molecule has 7 nitrogen and oxygen atoms in total. The lowest BCUT2D eigenvalue weighted by Gasteiger charge is -2.12. The van der Waals surface area contributed by atoms with Gasteiger partial charge in [-0.15, -0.1) is 6.42 Å². The van der Waals surface area contributed by atoms with Crippen molar-refractivity contribution in [1.82, 2.24) is 9.97 Å². The number of ether oxygens (including phenoxy) is 1. The van der Waals surface area contributed by atoms with Crippen LogP contribution in [0.3, 0.4) is 0 Å². The molecular weight excluding hydrogens is 392 g/mol. The van der Waals surface area contributed by atoms with Gasteiger partial charge in [-0.3, -0.25) is 9.59 Å². The number of amides is 2. The Kier molecular flexibility index (Phi) is 6.63. The lowest BCUT2D eigenvalue weighted by Crippen LogP contribution is -2.18. The highest BCUT2D eigenvalue weighted by molar-refractivity contribution is 6.04. The van der Waals surface area contributed by atoms with E-state index in [0.29, 0.717) is 28.2 Å². The van der Waals surface area contributed by atoms with Gasteiger partial charge in [0.2, 0.25) is 11.7 Å². The Hall–Kier alpha value is -4.18. The predicted octanol–water partition coefficient (Wildman–Crippen LogP) is 3.81. The number of carbonyl (C=O) groups excluding carboxylic acids is 2. The van der Waals surface area contributed by atoms with Gasteiger partial charge in [-0.1, -0.05) is 25.0 Å². The van der Waals surface area contributed by atoms with Gasteiger partial charge in [0.05, 0.1) is 11.2 Å². The maximum Gasteiger partial charge on any atom is 0.293 e. The standard InChI is InChI=1S/C24H22N4O3/c1-4-12-31-18-10-11-20-19(14-18)21(15(5-2)6-3)28-23(27-20)24(30)26-17-9-7-8-16(13-17)22(25)29/h1,5,7-11,13-14H,6,12H2,2-3H3,(H2,25,29)(H,26,30)/b15-5+. The number of allylic oxidation sites excluding steroid dienone is 2. The summed E-state index contributed by atoms with van der Waals surface area (Å²) in [4.78, 5) is 33.2. The molecule has 31 heavy (non-hydrogen) atoms. The quantitative estimate of drug-likeness (QED) is 0.572. The molecule has 0 saturated carbocycles. The minimum absolute atomic E-state index is 0.0112. The van der Waals surface area contributed by atoms with Crippen LogP contribution in [-0.2, 0) is 0 Å². The molecule has 0 saturated heterocycles. The zero-order valence-corrected chi connectivity index (χ0v) is 17.3. The number of hydrogen-bond acceptors (Lipinski definition) is 5. The van der Waals surface area contributed by atoms with Crippen molar-refractivity contribution in [1.29, 1.82) is 0 Å². The molecule has 156 valence electrons. The minimum Gasteiger partial charge on any atom is -0.481 e. The molecule has 2 amide bonds. The van der Waals surface area contributed by atoms with E-state index in [1.165, 1.54) is 6.07 Å². The molecule has 0 fully saturated rings.